The van der Waals surface area contributed by atoms with Crippen molar-refractivity contribution in [2.75, 3.05) is 19.6 Å². The Hall–Kier alpha value is -1.41. The van der Waals surface area contributed by atoms with Gasteiger partial charge in [0.2, 0.25) is 0 Å². The molecule has 8 heteroatoms. The summed E-state index contributed by atoms with van der Waals surface area (Å²) in [7, 11) is -1.89. The van der Waals surface area contributed by atoms with Gasteiger partial charge in [0, 0.05) is 20.1 Å². The van der Waals surface area contributed by atoms with Gasteiger partial charge < -0.3 is 5.32 Å². The summed E-state index contributed by atoms with van der Waals surface area (Å²) in [5.74, 6) is 0.677. The molecule has 0 bridgehead atoms. The Morgan fingerprint density at radius 2 is 1.92 bits per heavy atom. The van der Waals surface area contributed by atoms with Crippen LogP contribution in [0, 0.1) is 18.8 Å². The lowest BCUT2D eigenvalue weighted by molar-refractivity contribution is 0.343. The Morgan fingerprint density at radius 1 is 1.20 bits per heavy atom. The third-order valence-corrected chi connectivity index (χ3v) is 7.10. The van der Waals surface area contributed by atoms with Gasteiger partial charge >= 0.3 is 0 Å². The fraction of sp³-hybridized carbons (Fsp3) is 0.471. The van der Waals surface area contributed by atoms with Gasteiger partial charge in [-0.3, -0.25) is 4.68 Å². The van der Waals surface area contributed by atoms with Gasteiger partial charge in [0.25, 0.3) is 10.0 Å². The molecule has 2 fully saturated rings. The maximum absolute atomic E-state index is 13.3. The molecule has 0 saturated carbocycles. The lowest BCUT2D eigenvalue weighted by Gasteiger charge is -2.27. The molecule has 0 radical (unpaired) electrons. The van der Waals surface area contributed by atoms with E-state index in [4.69, 9.17) is 0 Å². The second kappa shape index (κ2) is 6.72. The van der Waals surface area contributed by atoms with Gasteiger partial charge in [0.1, 0.15) is 0 Å². The van der Waals surface area contributed by atoms with Crippen LogP contribution < -0.4 is 5.32 Å². The number of hydrogen-bond donors (Lipinski definition) is 1. The topological polar surface area (TPSA) is 67.2 Å². The first-order chi connectivity index (χ1) is 11.5. The molecule has 6 nitrogen and oxygen atoms in total. The fourth-order valence-corrected chi connectivity index (χ4v) is 6.04. The summed E-state index contributed by atoms with van der Waals surface area (Å²) in [6.07, 6.45) is 0. The summed E-state index contributed by atoms with van der Waals surface area (Å²) in [5.41, 5.74) is 1.78. The Kier molecular flexibility index (Phi) is 4.94. The third kappa shape index (κ3) is 2.99. The molecule has 2 aliphatic rings. The largest absolute Gasteiger partial charge is 0.316 e. The highest BCUT2D eigenvalue weighted by Gasteiger charge is 2.50. The van der Waals surface area contributed by atoms with E-state index in [-0.39, 0.29) is 23.5 Å². The van der Waals surface area contributed by atoms with Gasteiger partial charge in [-0.05, 0) is 36.9 Å². The molecule has 2 aromatic rings. The van der Waals surface area contributed by atoms with Crippen molar-refractivity contribution < 1.29 is 8.42 Å². The van der Waals surface area contributed by atoms with Crippen molar-refractivity contribution in [2.24, 2.45) is 18.9 Å². The monoisotopic (exact) mass is 382 g/mol. The first-order valence-corrected chi connectivity index (χ1v) is 9.70. The zero-order valence-electron chi connectivity index (χ0n) is 14.3. The van der Waals surface area contributed by atoms with Gasteiger partial charge in [0.05, 0.1) is 11.7 Å². The summed E-state index contributed by atoms with van der Waals surface area (Å²) in [4.78, 5) is 0. The van der Waals surface area contributed by atoms with Crippen LogP contribution in [0.3, 0.4) is 0 Å². The highest BCUT2D eigenvalue weighted by atomic mass is 35.5. The van der Waals surface area contributed by atoms with Crippen molar-refractivity contribution in [2.45, 2.75) is 18.0 Å². The first-order valence-electron chi connectivity index (χ1n) is 8.26. The Balaban J connectivity index is 0.00000182. The number of aryl methyl sites for hydroxylation is 2. The predicted molar refractivity (Wildman–Crippen MR) is 98.1 cm³/mol. The van der Waals surface area contributed by atoms with E-state index in [0.29, 0.717) is 24.1 Å². The lowest BCUT2D eigenvalue weighted by atomic mass is 9.90. The van der Waals surface area contributed by atoms with Gasteiger partial charge in [-0.1, -0.05) is 30.3 Å². The number of sulfonamides is 1. The SMILES string of the molecule is Cc1cc(S(=O)(=O)N2C[C@@H]3CNC[C@@H]3[C@H]2c2ccccc2)n(C)n1.Cl. The molecule has 0 unspecified atom stereocenters. The molecule has 25 heavy (non-hydrogen) atoms. The molecule has 0 spiro atoms. The Labute approximate surface area is 154 Å². The summed E-state index contributed by atoms with van der Waals surface area (Å²) in [6.45, 7) is 4.12. The second-order valence-corrected chi connectivity index (χ2v) is 8.60. The minimum absolute atomic E-state index is 0. The number of aromatic nitrogens is 2. The average Bonchev–Trinajstić information content (AvgIpc) is 3.22. The van der Waals surface area contributed by atoms with Crippen LogP contribution in [0.25, 0.3) is 0 Å². The maximum Gasteiger partial charge on any atom is 0.260 e. The Morgan fingerprint density at radius 3 is 2.56 bits per heavy atom. The smallest absolute Gasteiger partial charge is 0.260 e. The molecular weight excluding hydrogens is 360 g/mol. The minimum atomic E-state index is -3.58. The van der Waals surface area contributed by atoms with Crippen molar-refractivity contribution in [1.29, 1.82) is 0 Å². The standard InChI is InChI=1S/C17H22N4O2S.ClH/c1-12-8-16(20(2)19-12)24(22,23)21-11-14-9-18-10-15(14)17(21)13-6-4-3-5-7-13;/h3-8,14-15,17-18H,9-11H2,1-2H3;1H/t14-,15-,17+;/m0./s1. The number of halogens is 1. The normalized spacial score (nSPS) is 26.4. The molecule has 3 heterocycles. The van der Waals surface area contributed by atoms with Crippen LogP contribution in [0.15, 0.2) is 41.4 Å². The fourth-order valence-electron chi connectivity index (χ4n) is 4.14. The third-order valence-electron chi connectivity index (χ3n) is 5.20. The molecule has 136 valence electrons. The Bertz CT molecular complexity index is 853. The van der Waals surface area contributed by atoms with Crippen molar-refractivity contribution >= 4 is 22.4 Å². The zero-order chi connectivity index (χ0) is 16.9. The summed E-state index contributed by atoms with van der Waals surface area (Å²) in [6, 6.07) is 11.5. The molecule has 2 saturated heterocycles. The molecule has 4 rings (SSSR count). The van der Waals surface area contributed by atoms with E-state index in [0.717, 1.165) is 18.7 Å². The van der Waals surface area contributed by atoms with Crippen LogP contribution in [-0.4, -0.2) is 42.1 Å². The highest BCUT2D eigenvalue weighted by Crippen LogP contribution is 2.45. The highest BCUT2D eigenvalue weighted by molar-refractivity contribution is 7.89. The van der Waals surface area contributed by atoms with Crippen LogP contribution in [0.2, 0.25) is 0 Å². The number of nitrogens with one attached hydrogen (secondary N) is 1. The van der Waals surface area contributed by atoms with E-state index in [1.165, 1.54) is 4.68 Å². The molecule has 0 aliphatic carbocycles. The van der Waals surface area contributed by atoms with Gasteiger partial charge in [-0.2, -0.15) is 9.40 Å². The van der Waals surface area contributed by atoms with Crippen molar-refractivity contribution in [3.05, 3.63) is 47.7 Å². The van der Waals surface area contributed by atoms with Gasteiger partial charge in [0.15, 0.2) is 5.03 Å². The molecule has 3 atom stereocenters. The van der Waals surface area contributed by atoms with Gasteiger partial charge in [-0.15, -0.1) is 12.4 Å². The number of nitrogens with zero attached hydrogens (tertiary/aromatic N) is 3. The number of rotatable bonds is 3. The summed E-state index contributed by atoms with van der Waals surface area (Å²) in [5, 5.41) is 7.90. The lowest BCUT2D eigenvalue weighted by Crippen LogP contribution is -2.35. The molecule has 1 N–H and O–H groups in total. The van der Waals surface area contributed by atoms with E-state index < -0.39 is 10.0 Å². The van der Waals surface area contributed by atoms with E-state index in [1.54, 1.807) is 17.4 Å². The molecular formula is C17H23ClN4O2S. The second-order valence-electron chi connectivity index (χ2n) is 6.76. The predicted octanol–water partition coefficient (Wildman–Crippen LogP) is 1.73. The van der Waals surface area contributed by atoms with Crippen LogP contribution in [0.4, 0.5) is 0 Å². The van der Waals surface area contributed by atoms with E-state index in [1.807, 2.05) is 37.3 Å². The first kappa shape index (κ1) is 18.4. The molecule has 1 aromatic heterocycles. The van der Waals surface area contributed by atoms with Crippen LogP contribution in [-0.2, 0) is 17.1 Å². The number of fused-ring (bicyclic) bond motifs is 1. The molecule has 1 aromatic carbocycles. The number of hydrogen-bond acceptors (Lipinski definition) is 4. The van der Waals surface area contributed by atoms with Crippen LogP contribution in [0.1, 0.15) is 17.3 Å². The summed E-state index contributed by atoms with van der Waals surface area (Å²) >= 11 is 0. The minimum Gasteiger partial charge on any atom is -0.316 e. The average molecular weight is 383 g/mol. The quantitative estimate of drug-likeness (QED) is 0.877. The van der Waals surface area contributed by atoms with Crippen molar-refractivity contribution in [3.8, 4) is 0 Å². The zero-order valence-corrected chi connectivity index (χ0v) is 15.9. The summed E-state index contributed by atoms with van der Waals surface area (Å²) < 4.78 is 29.8. The van der Waals surface area contributed by atoms with Crippen LogP contribution >= 0.6 is 12.4 Å². The number of benzene rings is 1. The van der Waals surface area contributed by atoms with Crippen LogP contribution in [0.5, 0.6) is 0 Å². The van der Waals surface area contributed by atoms with Crippen molar-refractivity contribution in [3.63, 3.8) is 0 Å². The maximum atomic E-state index is 13.3. The van der Waals surface area contributed by atoms with Crippen molar-refractivity contribution in [1.82, 2.24) is 19.4 Å². The van der Waals surface area contributed by atoms with E-state index in [9.17, 15) is 8.42 Å². The molecule has 2 aliphatic heterocycles. The molecule has 0 amide bonds. The van der Waals surface area contributed by atoms with Gasteiger partial charge in [-0.25, -0.2) is 8.42 Å². The van der Waals surface area contributed by atoms with E-state index >= 15 is 0 Å². The van der Waals surface area contributed by atoms with E-state index in [2.05, 4.69) is 10.4 Å².